The molecule has 6 nitrogen and oxygen atoms in total. The Kier molecular flexibility index (Phi) is 5.04. The SMILES string of the molecule is CCC(C)Nc1cnc(C(=O)Nc2ccc(C#N)cc2)cn1. The van der Waals surface area contributed by atoms with Crippen LogP contribution in [0.3, 0.4) is 0 Å². The lowest BCUT2D eigenvalue weighted by Gasteiger charge is -2.11. The van der Waals surface area contributed by atoms with Crippen LogP contribution in [0.1, 0.15) is 36.3 Å². The quantitative estimate of drug-likeness (QED) is 0.885. The fourth-order valence-corrected chi connectivity index (χ4v) is 1.70. The second-order valence-electron chi connectivity index (χ2n) is 4.88. The predicted molar refractivity (Wildman–Crippen MR) is 84.5 cm³/mol. The van der Waals surface area contributed by atoms with Gasteiger partial charge in [0.1, 0.15) is 11.5 Å². The third-order valence-electron chi connectivity index (χ3n) is 3.16. The smallest absolute Gasteiger partial charge is 0.275 e. The van der Waals surface area contributed by atoms with Crippen molar-refractivity contribution in [2.45, 2.75) is 26.3 Å². The van der Waals surface area contributed by atoms with E-state index >= 15 is 0 Å². The van der Waals surface area contributed by atoms with Crippen LogP contribution in [-0.2, 0) is 0 Å². The van der Waals surface area contributed by atoms with Crippen molar-refractivity contribution in [3.05, 3.63) is 47.9 Å². The van der Waals surface area contributed by atoms with E-state index < -0.39 is 0 Å². The minimum Gasteiger partial charge on any atom is -0.366 e. The second kappa shape index (κ2) is 7.18. The van der Waals surface area contributed by atoms with Gasteiger partial charge < -0.3 is 10.6 Å². The van der Waals surface area contributed by atoms with E-state index in [1.165, 1.54) is 6.20 Å². The van der Waals surface area contributed by atoms with Gasteiger partial charge in [0.15, 0.2) is 0 Å². The number of nitriles is 1. The number of hydrogen-bond donors (Lipinski definition) is 2. The van der Waals surface area contributed by atoms with Gasteiger partial charge in [-0.3, -0.25) is 4.79 Å². The van der Waals surface area contributed by atoms with Gasteiger partial charge in [0.25, 0.3) is 5.91 Å². The molecule has 0 spiro atoms. The summed E-state index contributed by atoms with van der Waals surface area (Å²) in [5, 5.41) is 14.6. The molecular formula is C16H17N5O. The summed E-state index contributed by atoms with van der Waals surface area (Å²) in [6, 6.07) is 8.94. The van der Waals surface area contributed by atoms with E-state index in [-0.39, 0.29) is 11.6 Å². The van der Waals surface area contributed by atoms with E-state index in [1.54, 1.807) is 30.5 Å². The maximum Gasteiger partial charge on any atom is 0.275 e. The summed E-state index contributed by atoms with van der Waals surface area (Å²) < 4.78 is 0. The third kappa shape index (κ3) is 4.03. The van der Waals surface area contributed by atoms with Crippen molar-refractivity contribution in [1.29, 1.82) is 5.26 Å². The lowest BCUT2D eigenvalue weighted by Crippen LogP contribution is -2.17. The monoisotopic (exact) mass is 295 g/mol. The molecular weight excluding hydrogens is 278 g/mol. The van der Waals surface area contributed by atoms with Crippen LogP contribution in [0.2, 0.25) is 0 Å². The molecule has 0 bridgehead atoms. The molecule has 0 saturated heterocycles. The summed E-state index contributed by atoms with van der Waals surface area (Å²) in [4.78, 5) is 20.3. The molecule has 2 N–H and O–H groups in total. The van der Waals surface area contributed by atoms with Crippen LogP contribution in [0.15, 0.2) is 36.7 Å². The van der Waals surface area contributed by atoms with Crippen molar-refractivity contribution in [3.8, 4) is 6.07 Å². The number of aromatic nitrogens is 2. The highest BCUT2D eigenvalue weighted by atomic mass is 16.1. The summed E-state index contributed by atoms with van der Waals surface area (Å²) in [5.74, 6) is 0.302. The van der Waals surface area contributed by atoms with Gasteiger partial charge in [0, 0.05) is 11.7 Å². The first-order chi connectivity index (χ1) is 10.6. The van der Waals surface area contributed by atoms with Crippen LogP contribution >= 0.6 is 0 Å². The Bertz CT molecular complexity index is 673. The topological polar surface area (TPSA) is 90.7 Å². The van der Waals surface area contributed by atoms with Gasteiger partial charge in [-0.25, -0.2) is 9.97 Å². The van der Waals surface area contributed by atoms with E-state index in [1.807, 2.05) is 13.0 Å². The zero-order chi connectivity index (χ0) is 15.9. The lowest BCUT2D eigenvalue weighted by atomic mass is 10.2. The fourth-order valence-electron chi connectivity index (χ4n) is 1.70. The number of carbonyl (C=O) groups is 1. The largest absolute Gasteiger partial charge is 0.366 e. The van der Waals surface area contributed by atoms with E-state index in [0.717, 1.165) is 6.42 Å². The van der Waals surface area contributed by atoms with Crippen LogP contribution in [0.25, 0.3) is 0 Å². The van der Waals surface area contributed by atoms with E-state index in [0.29, 0.717) is 23.1 Å². The Balaban J connectivity index is 2.01. The highest BCUT2D eigenvalue weighted by Gasteiger charge is 2.09. The summed E-state index contributed by atoms with van der Waals surface area (Å²) in [5.41, 5.74) is 1.38. The fraction of sp³-hybridized carbons (Fsp3) is 0.250. The van der Waals surface area contributed by atoms with Crippen LogP contribution < -0.4 is 10.6 Å². The molecule has 1 aromatic heterocycles. The molecule has 1 amide bonds. The van der Waals surface area contributed by atoms with Crippen molar-refractivity contribution < 1.29 is 4.79 Å². The number of nitrogens with zero attached hydrogens (tertiary/aromatic N) is 3. The summed E-state index contributed by atoms with van der Waals surface area (Å²) >= 11 is 0. The van der Waals surface area contributed by atoms with Gasteiger partial charge in [-0.05, 0) is 37.6 Å². The van der Waals surface area contributed by atoms with Crippen molar-refractivity contribution in [2.75, 3.05) is 10.6 Å². The minimum absolute atomic E-state index is 0.235. The Hall–Kier alpha value is -2.94. The van der Waals surface area contributed by atoms with Crippen LogP contribution in [0, 0.1) is 11.3 Å². The number of hydrogen-bond acceptors (Lipinski definition) is 5. The first-order valence-corrected chi connectivity index (χ1v) is 7.02. The number of anilines is 2. The number of rotatable bonds is 5. The molecule has 0 aliphatic heterocycles. The van der Waals surface area contributed by atoms with Gasteiger partial charge in [0.05, 0.1) is 24.0 Å². The standard InChI is InChI=1S/C16H17N5O/c1-3-11(2)20-15-10-18-14(9-19-15)16(22)21-13-6-4-12(8-17)5-7-13/h4-7,9-11H,3H2,1-2H3,(H,19,20)(H,21,22). The molecule has 0 aliphatic carbocycles. The summed E-state index contributed by atoms with van der Waals surface area (Å²) in [7, 11) is 0. The first kappa shape index (κ1) is 15.4. The summed E-state index contributed by atoms with van der Waals surface area (Å²) in [6.07, 6.45) is 3.95. The molecule has 2 aromatic rings. The highest BCUT2D eigenvalue weighted by molar-refractivity contribution is 6.02. The zero-order valence-electron chi connectivity index (χ0n) is 12.5. The minimum atomic E-state index is -0.340. The molecule has 0 aliphatic rings. The van der Waals surface area contributed by atoms with Crippen molar-refractivity contribution in [1.82, 2.24) is 9.97 Å². The first-order valence-electron chi connectivity index (χ1n) is 7.02. The van der Waals surface area contributed by atoms with Crippen molar-refractivity contribution in [2.24, 2.45) is 0 Å². The Morgan fingerprint density at radius 1 is 1.27 bits per heavy atom. The Labute approximate surface area is 129 Å². The average molecular weight is 295 g/mol. The van der Waals surface area contributed by atoms with Crippen LogP contribution in [-0.4, -0.2) is 21.9 Å². The van der Waals surface area contributed by atoms with E-state index in [9.17, 15) is 4.79 Å². The van der Waals surface area contributed by atoms with Crippen LogP contribution in [0.4, 0.5) is 11.5 Å². The molecule has 1 atom stereocenters. The van der Waals surface area contributed by atoms with Crippen LogP contribution in [0.5, 0.6) is 0 Å². The maximum absolute atomic E-state index is 12.1. The second-order valence-corrected chi connectivity index (χ2v) is 4.88. The molecule has 1 heterocycles. The third-order valence-corrected chi connectivity index (χ3v) is 3.16. The average Bonchev–Trinajstić information content (AvgIpc) is 2.56. The number of carbonyl (C=O) groups excluding carboxylic acids is 1. The maximum atomic E-state index is 12.1. The van der Waals surface area contributed by atoms with Gasteiger partial charge in [-0.15, -0.1) is 0 Å². The van der Waals surface area contributed by atoms with Gasteiger partial charge in [0.2, 0.25) is 0 Å². The van der Waals surface area contributed by atoms with Crippen molar-refractivity contribution in [3.63, 3.8) is 0 Å². The van der Waals surface area contributed by atoms with E-state index in [4.69, 9.17) is 5.26 Å². The molecule has 1 unspecified atom stereocenters. The normalized spacial score (nSPS) is 11.3. The van der Waals surface area contributed by atoms with E-state index in [2.05, 4.69) is 27.5 Å². The molecule has 0 radical (unpaired) electrons. The molecule has 1 aromatic carbocycles. The number of amides is 1. The lowest BCUT2D eigenvalue weighted by molar-refractivity contribution is 0.102. The Morgan fingerprint density at radius 2 is 2.00 bits per heavy atom. The molecule has 22 heavy (non-hydrogen) atoms. The molecule has 2 rings (SSSR count). The molecule has 112 valence electrons. The molecule has 6 heteroatoms. The highest BCUT2D eigenvalue weighted by Crippen LogP contribution is 2.11. The van der Waals surface area contributed by atoms with Gasteiger partial charge in [-0.2, -0.15) is 5.26 Å². The van der Waals surface area contributed by atoms with Gasteiger partial charge >= 0.3 is 0 Å². The molecule has 0 fully saturated rings. The number of benzene rings is 1. The van der Waals surface area contributed by atoms with Crippen molar-refractivity contribution >= 4 is 17.4 Å². The van der Waals surface area contributed by atoms with Gasteiger partial charge in [-0.1, -0.05) is 6.92 Å². The number of nitrogens with one attached hydrogen (secondary N) is 2. The predicted octanol–water partition coefficient (Wildman–Crippen LogP) is 2.81. The summed E-state index contributed by atoms with van der Waals surface area (Å²) in [6.45, 7) is 4.12. The Morgan fingerprint density at radius 3 is 2.55 bits per heavy atom. The zero-order valence-corrected chi connectivity index (χ0v) is 12.5. The molecule has 0 saturated carbocycles.